The Morgan fingerprint density at radius 1 is 1.20 bits per heavy atom. The average molecular weight is 355 g/mol. The fraction of sp³-hybridized carbons (Fsp3) is 0.438. The minimum Gasteiger partial charge on any atom is -0.481 e. The molecule has 1 fully saturated rings. The smallest absolute Gasteiger partial charge is 0.435 e. The van der Waals surface area contributed by atoms with Crippen molar-refractivity contribution in [3.63, 3.8) is 0 Å². The molecule has 0 radical (unpaired) electrons. The van der Waals surface area contributed by atoms with Crippen LogP contribution in [-0.4, -0.2) is 32.4 Å². The Kier molecular flexibility index (Phi) is 4.40. The van der Waals surface area contributed by atoms with Gasteiger partial charge < -0.3 is 10.4 Å². The zero-order valence-electron chi connectivity index (χ0n) is 13.1. The number of hydrogen-bond donors (Lipinski definition) is 2. The molecule has 6 nitrogen and oxygen atoms in total. The summed E-state index contributed by atoms with van der Waals surface area (Å²) in [6, 6.07) is 4.10. The van der Waals surface area contributed by atoms with Gasteiger partial charge in [-0.25, -0.2) is 4.98 Å². The Morgan fingerprint density at radius 2 is 1.88 bits per heavy atom. The maximum Gasteiger partial charge on any atom is 0.435 e. The van der Waals surface area contributed by atoms with Crippen molar-refractivity contribution >= 4 is 17.5 Å². The van der Waals surface area contributed by atoms with E-state index in [4.69, 9.17) is 5.11 Å². The van der Waals surface area contributed by atoms with Gasteiger partial charge in [-0.05, 0) is 37.8 Å². The summed E-state index contributed by atoms with van der Waals surface area (Å²) in [4.78, 5) is 27.0. The molecule has 134 valence electrons. The van der Waals surface area contributed by atoms with Crippen LogP contribution < -0.4 is 5.32 Å². The molecule has 0 aromatic carbocycles. The summed E-state index contributed by atoms with van der Waals surface area (Å²) in [6.07, 6.45) is -1.78. The number of carboxylic acid groups (broad SMARTS) is 1. The van der Waals surface area contributed by atoms with E-state index >= 15 is 0 Å². The number of amides is 1. The van der Waals surface area contributed by atoms with Crippen molar-refractivity contribution in [1.82, 2.24) is 14.7 Å². The summed E-state index contributed by atoms with van der Waals surface area (Å²) in [5.41, 5.74) is -1.74. The summed E-state index contributed by atoms with van der Waals surface area (Å²) in [5, 5.41) is 11.6. The lowest BCUT2D eigenvalue weighted by atomic mass is 9.86. The maximum absolute atomic E-state index is 13.2. The quantitative estimate of drug-likeness (QED) is 0.887. The van der Waals surface area contributed by atoms with Crippen LogP contribution in [0.1, 0.15) is 41.9 Å². The standard InChI is InChI=1S/C16H16F3N3O3/c17-16(18,19)13-12(22-8-2-1-3-11(22)21-13)14(23)20-10-6-4-9(5-7-10)15(24)25/h1-3,8-10H,4-7H2,(H,20,23)(H,24,25). The minimum atomic E-state index is -4.75. The van der Waals surface area contributed by atoms with E-state index in [9.17, 15) is 22.8 Å². The van der Waals surface area contributed by atoms with Crippen LogP contribution in [0.2, 0.25) is 0 Å². The molecule has 3 rings (SSSR count). The molecule has 2 heterocycles. The molecule has 0 atom stereocenters. The van der Waals surface area contributed by atoms with Crippen molar-refractivity contribution < 1.29 is 27.9 Å². The Bertz CT molecular complexity index is 808. The van der Waals surface area contributed by atoms with Gasteiger partial charge in [-0.3, -0.25) is 14.0 Å². The van der Waals surface area contributed by atoms with E-state index in [2.05, 4.69) is 10.3 Å². The van der Waals surface area contributed by atoms with Crippen LogP contribution in [0.15, 0.2) is 24.4 Å². The first-order valence-corrected chi connectivity index (χ1v) is 7.85. The second-order valence-corrected chi connectivity index (χ2v) is 6.10. The van der Waals surface area contributed by atoms with E-state index < -0.39 is 35.4 Å². The fourth-order valence-corrected chi connectivity index (χ4v) is 3.15. The first kappa shape index (κ1) is 17.2. The van der Waals surface area contributed by atoms with Crippen LogP contribution in [0.25, 0.3) is 5.65 Å². The molecule has 25 heavy (non-hydrogen) atoms. The monoisotopic (exact) mass is 355 g/mol. The highest BCUT2D eigenvalue weighted by atomic mass is 19.4. The van der Waals surface area contributed by atoms with Crippen LogP contribution in [0, 0.1) is 5.92 Å². The number of alkyl halides is 3. The molecule has 1 aliphatic rings. The van der Waals surface area contributed by atoms with E-state index in [1.54, 1.807) is 0 Å². The zero-order valence-corrected chi connectivity index (χ0v) is 13.1. The molecule has 0 bridgehead atoms. The van der Waals surface area contributed by atoms with Gasteiger partial charge in [-0.2, -0.15) is 13.2 Å². The van der Waals surface area contributed by atoms with E-state index in [0.29, 0.717) is 25.7 Å². The SMILES string of the molecule is O=C(NC1CCC(C(=O)O)CC1)c1c(C(F)(F)F)nc2ccccn12. The number of hydrogen-bond acceptors (Lipinski definition) is 3. The molecule has 1 aliphatic carbocycles. The van der Waals surface area contributed by atoms with Crippen molar-refractivity contribution in [2.45, 2.75) is 37.9 Å². The molecule has 0 unspecified atom stereocenters. The minimum absolute atomic E-state index is 0.0366. The molecule has 0 saturated heterocycles. The number of rotatable bonds is 3. The van der Waals surface area contributed by atoms with Gasteiger partial charge in [0.25, 0.3) is 5.91 Å². The molecular formula is C16H16F3N3O3. The second-order valence-electron chi connectivity index (χ2n) is 6.10. The molecular weight excluding hydrogens is 339 g/mol. The van der Waals surface area contributed by atoms with Crippen molar-refractivity contribution in [1.29, 1.82) is 0 Å². The lowest BCUT2D eigenvalue weighted by Gasteiger charge is -2.26. The van der Waals surface area contributed by atoms with Crippen molar-refractivity contribution in [2.75, 3.05) is 0 Å². The van der Waals surface area contributed by atoms with Gasteiger partial charge in [0.1, 0.15) is 11.3 Å². The van der Waals surface area contributed by atoms with E-state index in [0.717, 1.165) is 4.40 Å². The van der Waals surface area contributed by atoms with Gasteiger partial charge in [0.05, 0.1) is 5.92 Å². The summed E-state index contributed by atoms with van der Waals surface area (Å²) in [7, 11) is 0. The number of nitrogens with one attached hydrogen (secondary N) is 1. The third-order valence-electron chi connectivity index (χ3n) is 4.43. The summed E-state index contributed by atoms with van der Waals surface area (Å²) in [6.45, 7) is 0. The third kappa shape index (κ3) is 3.45. The molecule has 1 saturated carbocycles. The predicted octanol–water partition coefficient (Wildman–Crippen LogP) is 2.73. The van der Waals surface area contributed by atoms with E-state index in [-0.39, 0.29) is 11.7 Å². The summed E-state index contributed by atoms with van der Waals surface area (Å²) >= 11 is 0. The lowest BCUT2D eigenvalue weighted by Crippen LogP contribution is -2.39. The largest absolute Gasteiger partial charge is 0.481 e. The van der Waals surface area contributed by atoms with Crippen molar-refractivity contribution in [3.05, 3.63) is 35.8 Å². The molecule has 2 N–H and O–H groups in total. The number of carboxylic acids is 1. The number of aliphatic carboxylic acids is 1. The highest BCUT2D eigenvalue weighted by molar-refractivity contribution is 5.95. The highest BCUT2D eigenvalue weighted by Crippen LogP contribution is 2.32. The summed E-state index contributed by atoms with van der Waals surface area (Å²) in [5.74, 6) is -2.20. The highest BCUT2D eigenvalue weighted by Gasteiger charge is 2.40. The Hall–Kier alpha value is -2.58. The number of pyridine rings is 1. The molecule has 0 spiro atoms. The number of halogens is 3. The topological polar surface area (TPSA) is 83.7 Å². The Labute approximate surface area is 140 Å². The van der Waals surface area contributed by atoms with Crippen LogP contribution in [0.5, 0.6) is 0 Å². The third-order valence-corrected chi connectivity index (χ3v) is 4.43. The van der Waals surface area contributed by atoms with Crippen molar-refractivity contribution in [2.24, 2.45) is 5.92 Å². The maximum atomic E-state index is 13.2. The lowest BCUT2D eigenvalue weighted by molar-refractivity contribution is -0.143. The molecule has 2 aromatic rings. The normalized spacial score (nSPS) is 21.2. The van der Waals surface area contributed by atoms with Gasteiger partial charge in [0.15, 0.2) is 5.69 Å². The number of nitrogens with zero attached hydrogens (tertiary/aromatic N) is 2. The Morgan fingerprint density at radius 3 is 2.48 bits per heavy atom. The predicted molar refractivity (Wildman–Crippen MR) is 81.0 cm³/mol. The number of aromatic nitrogens is 2. The van der Waals surface area contributed by atoms with Gasteiger partial charge >= 0.3 is 12.1 Å². The van der Waals surface area contributed by atoms with Crippen LogP contribution >= 0.6 is 0 Å². The number of carbonyl (C=O) groups is 2. The van der Waals surface area contributed by atoms with Crippen LogP contribution in [0.3, 0.4) is 0 Å². The first-order chi connectivity index (χ1) is 11.8. The van der Waals surface area contributed by atoms with Gasteiger partial charge in [-0.15, -0.1) is 0 Å². The van der Waals surface area contributed by atoms with Crippen LogP contribution in [0.4, 0.5) is 13.2 Å². The van der Waals surface area contributed by atoms with E-state index in [1.165, 1.54) is 24.4 Å². The molecule has 0 aliphatic heterocycles. The molecule has 2 aromatic heterocycles. The summed E-state index contributed by atoms with van der Waals surface area (Å²) < 4.78 is 40.8. The zero-order chi connectivity index (χ0) is 18.2. The second kappa shape index (κ2) is 6.38. The number of imidazole rings is 1. The van der Waals surface area contributed by atoms with E-state index in [1.807, 2.05) is 0 Å². The van der Waals surface area contributed by atoms with Gasteiger partial charge in [0, 0.05) is 12.2 Å². The first-order valence-electron chi connectivity index (χ1n) is 7.85. The van der Waals surface area contributed by atoms with Crippen molar-refractivity contribution in [3.8, 4) is 0 Å². The number of carbonyl (C=O) groups excluding carboxylic acids is 1. The van der Waals surface area contributed by atoms with Gasteiger partial charge in [-0.1, -0.05) is 6.07 Å². The molecule has 1 amide bonds. The van der Waals surface area contributed by atoms with Gasteiger partial charge in [0.2, 0.25) is 0 Å². The average Bonchev–Trinajstić information content (AvgIpc) is 2.95. The fourth-order valence-electron chi connectivity index (χ4n) is 3.15. The number of fused-ring (bicyclic) bond motifs is 1. The van der Waals surface area contributed by atoms with Crippen LogP contribution in [-0.2, 0) is 11.0 Å². The Balaban J connectivity index is 1.84. The molecule has 9 heteroatoms.